The molecule has 4 saturated carbocycles. The summed E-state index contributed by atoms with van der Waals surface area (Å²) < 4.78 is 6.26. The molecule has 6 aliphatic rings. The molecule has 4 bridgehead atoms. The molecular formula is C30H34N4O2. The molecule has 3 heterocycles. The Hall–Kier alpha value is -3.07. The van der Waals surface area contributed by atoms with Gasteiger partial charge in [0.25, 0.3) is 0 Å². The lowest BCUT2D eigenvalue weighted by atomic mass is 9.55. The first kappa shape index (κ1) is 22.2. The van der Waals surface area contributed by atoms with E-state index >= 15 is 0 Å². The molecule has 1 spiro atoms. The van der Waals surface area contributed by atoms with Gasteiger partial charge in [-0.15, -0.1) is 0 Å². The maximum Gasteiger partial charge on any atom is 0.410 e. The number of nitrogens with zero attached hydrogens (tertiary/aromatic N) is 4. The van der Waals surface area contributed by atoms with Crippen LogP contribution in [0.1, 0.15) is 61.6 Å². The molecular weight excluding hydrogens is 448 g/mol. The van der Waals surface area contributed by atoms with Gasteiger partial charge in [0.1, 0.15) is 18.0 Å². The third-order valence-corrected chi connectivity index (χ3v) is 10.0. The van der Waals surface area contributed by atoms with Crippen molar-refractivity contribution in [2.24, 2.45) is 23.7 Å². The highest BCUT2D eigenvalue weighted by Crippen LogP contribution is 2.55. The van der Waals surface area contributed by atoms with Gasteiger partial charge in [-0.05, 0) is 91.9 Å². The Morgan fingerprint density at radius 3 is 2.39 bits per heavy atom. The van der Waals surface area contributed by atoms with E-state index in [2.05, 4.69) is 40.2 Å². The fourth-order valence-electron chi connectivity index (χ4n) is 8.49. The van der Waals surface area contributed by atoms with Crippen LogP contribution in [0.4, 0.5) is 10.6 Å². The maximum atomic E-state index is 13.3. The van der Waals surface area contributed by atoms with Crippen LogP contribution in [0.3, 0.4) is 0 Å². The van der Waals surface area contributed by atoms with Crippen LogP contribution in [0.5, 0.6) is 0 Å². The molecule has 2 aliphatic heterocycles. The van der Waals surface area contributed by atoms with E-state index in [1.807, 2.05) is 17.0 Å². The van der Waals surface area contributed by atoms with Gasteiger partial charge in [0.05, 0.1) is 5.56 Å². The molecule has 1 aromatic carbocycles. The SMILES string of the molecule is N#Cc1ccc(N2Cc3ccccc3C3(CCN(C(=O)OC4C5CC6CC(C5)CC4C6)CC3)C2)nc1. The third kappa shape index (κ3) is 3.67. The standard InChI is InChI=1S/C30H34N4O2/c31-16-20-5-6-27(32-17-20)34-18-23-3-1-2-4-26(23)30(19-34)7-9-33(10-8-30)29(35)36-28-24-12-21-11-22(14-24)15-25(28)13-21/h1-6,17,21-22,24-25,28H,7-15,18-19H2. The summed E-state index contributed by atoms with van der Waals surface area (Å²) in [5.41, 5.74) is 3.32. The second-order valence-corrected chi connectivity index (χ2v) is 12.1. The number of carbonyl (C=O) groups is 1. The van der Waals surface area contributed by atoms with E-state index in [1.54, 1.807) is 6.20 Å². The van der Waals surface area contributed by atoms with Crippen LogP contribution in [-0.4, -0.2) is 41.7 Å². The van der Waals surface area contributed by atoms with Gasteiger partial charge >= 0.3 is 6.09 Å². The van der Waals surface area contributed by atoms with Crippen molar-refractivity contribution in [1.82, 2.24) is 9.88 Å². The Morgan fingerprint density at radius 1 is 1.00 bits per heavy atom. The monoisotopic (exact) mass is 482 g/mol. The zero-order valence-electron chi connectivity index (χ0n) is 20.8. The number of hydrogen-bond acceptors (Lipinski definition) is 5. The van der Waals surface area contributed by atoms with E-state index < -0.39 is 0 Å². The van der Waals surface area contributed by atoms with Crippen molar-refractivity contribution in [3.05, 3.63) is 59.3 Å². The van der Waals surface area contributed by atoms with E-state index in [-0.39, 0.29) is 17.6 Å². The van der Waals surface area contributed by atoms with Crippen LogP contribution in [-0.2, 0) is 16.7 Å². The number of amides is 1. The summed E-state index contributed by atoms with van der Waals surface area (Å²) in [5, 5.41) is 9.15. The molecule has 1 amide bonds. The van der Waals surface area contributed by atoms with Gasteiger partial charge in [-0.3, -0.25) is 0 Å². The van der Waals surface area contributed by atoms with Crippen molar-refractivity contribution in [3.63, 3.8) is 0 Å². The number of likely N-dealkylation sites (tertiary alicyclic amines) is 1. The number of benzene rings is 1. The van der Waals surface area contributed by atoms with Crippen LogP contribution in [0, 0.1) is 35.0 Å². The number of nitriles is 1. The van der Waals surface area contributed by atoms with Crippen molar-refractivity contribution in [3.8, 4) is 6.07 Å². The smallest absolute Gasteiger partial charge is 0.410 e. The number of fused-ring (bicyclic) bond motifs is 2. The van der Waals surface area contributed by atoms with Gasteiger partial charge in [0, 0.05) is 37.8 Å². The van der Waals surface area contributed by atoms with Gasteiger partial charge < -0.3 is 14.5 Å². The van der Waals surface area contributed by atoms with Gasteiger partial charge in [0.15, 0.2) is 0 Å². The molecule has 8 rings (SSSR count). The molecule has 0 unspecified atom stereocenters. The lowest BCUT2D eigenvalue weighted by Gasteiger charge is -2.54. The van der Waals surface area contributed by atoms with Crippen LogP contribution >= 0.6 is 0 Å². The first-order chi connectivity index (χ1) is 17.6. The molecule has 6 heteroatoms. The Labute approximate surface area is 213 Å². The van der Waals surface area contributed by atoms with Crippen LogP contribution < -0.4 is 4.90 Å². The molecule has 186 valence electrons. The second kappa shape index (κ2) is 8.50. The summed E-state index contributed by atoms with van der Waals surface area (Å²) in [7, 11) is 0. The molecule has 0 radical (unpaired) electrons. The normalized spacial score (nSPS) is 31.7. The quantitative estimate of drug-likeness (QED) is 0.583. The Morgan fingerprint density at radius 2 is 1.72 bits per heavy atom. The number of pyridine rings is 1. The third-order valence-electron chi connectivity index (χ3n) is 10.0. The lowest BCUT2D eigenvalue weighted by molar-refractivity contribution is -0.103. The summed E-state index contributed by atoms with van der Waals surface area (Å²) in [6, 6.07) is 14.7. The fourth-order valence-corrected chi connectivity index (χ4v) is 8.49. The molecule has 36 heavy (non-hydrogen) atoms. The highest BCUT2D eigenvalue weighted by Gasteiger charge is 2.51. The van der Waals surface area contributed by atoms with Gasteiger partial charge in [-0.1, -0.05) is 24.3 Å². The minimum absolute atomic E-state index is 0.0101. The molecule has 2 aromatic rings. The van der Waals surface area contributed by atoms with E-state index in [0.29, 0.717) is 17.4 Å². The first-order valence-corrected chi connectivity index (χ1v) is 13.8. The van der Waals surface area contributed by atoms with Crippen LogP contribution in [0.25, 0.3) is 0 Å². The molecule has 1 aromatic heterocycles. The minimum atomic E-state index is -0.0861. The second-order valence-electron chi connectivity index (χ2n) is 12.1. The number of anilines is 1. The average Bonchev–Trinajstić information content (AvgIpc) is 2.91. The van der Waals surface area contributed by atoms with E-state index in [4.69, 9.17) is 10.00 Å². The van der Waals surface area contributed by atoms with Crippen molar-refractivity contribution in [2.45, 2.75) is 63.0 Å². The maximum absolute atomic E-state index is 13.3. The molecule has 6 nitrogen and oxygen atoms in total. The molecule has 0 atom stereocenters. The highest BCUT2D eigenvalue weighted by atomic mass is 16.6. The largest absolute Gasteiger partial charge is 0.446 e. The van der Waals surface area contributed by atoms with E-state index in [9.17, 15) is 4.79 Å². The van der Waals surface area contributed by atoms with Crippen molar-refractivity contribution >= 4 is 11.9 Å². The topological polar surface area (TPSA) is 69.5 Å². The summed E-state index contributed by atoms with van der Waals surface area (Å²) in [4.78, 5) is 22.2. The van der Waals surface area contributed by atoms with Crippen molar-refractivity contribution in [1.29, 1.82) is 5.26 Å². The predicted molar refractivity (Wildman–Crippen MR) is 136 cm³/mol. The minimum Gasteiger partial charge on any atom is -0.446 e. The average molecular weight is 483 g/mol. The molecule has 5 fully saturated rings. The Bertz CT molecular complexity index is 1170. The zero-order valence-corrected chi connectivity index (χ0v) is 20.8. The van der Waals surface area contributed by atoms with Crippen molar-refractivity contribution in [2.75, 3.05) is 24.5 Å². The van der Waals surface area contributed by atoms with Crippen LogP contribution in [0.15, 0.2) is 42.6 Å². The highest BCUT2D eigenvalue weighted by molar-refractivity contribution is 5.68. The fraction of sp³-hybridized carbons (Fsp3) is 0.567. The van der Waals surface area contributed by atoms with E-state index in [0.717, 1.165) is 56.7 Å². The number of rotatable bonds is 2. The number of carbonyl (C=O) groups excluding carboxylic acids is 1. The Kier molecular flexibility index (Phi) is 5.23. The van der Waals surface area contributed by atoms with Gasteiger partial charge in [0.2, 0.25) is 0 Å². The summed E-state index contributed by atoms with van der Waals surface area (Å²) in [5.74, 6) is 3.88. The molecule has 1 saturated heterocycles. The molecule has 4 aliphatic carbocycles. The number of aromatic nitrogens is 1. The molecule has 0 N–H and O–H groups in total. The van der Waals surface area contributed by atoms with Gasteiger partial charge in [-0.25, -0.2) is 9.78 Å². The van der Waals surface area contributed by atoms with E-state index in [1.165, 1.54) is 43.2 Å². The lowest BCUT2D eigenvalue weighted by Crippen LogP contribution is -2.55. The number of piperidine rings is 1. The van der Waals surface area contributed by atoms with Crippen molar-refractivity contribution < 1.29 is 9.53 Å². The first-order valence-electron chi connectivity index (χ1n) is 13.8. The number of ether oxygens (including phenoxy) is 1. The summed E-state index contributed by atoms with van der Waals surface area (Å²) in [6.07, 6.45) is 10.1. The zero-order chi connectivity index (χ0) is 24.3. The van der Waals surface area contributed by atoms with Gasteiger partial charge in [-0.2, -0.15) is 5.26 Å². The number of hydrogen-bond donors (Lipinski definition) is 0. The summed E-state index contributed by atoms with van der Waals surface area (Å²) >= 11 is 0. The Balaban J connectivity index is 1.07. The van der Waals surface area contributed by atoms with Crippen LogP contribution in [0.2, 0.25) is 0 Å². The summed E-state index contributed by atoms with van der Waals surface area (Å²) in [6.45, 7) is 3.15. The predicted octanol–water partition coefficient (Wildman–Crippen LogP) is 5.27.